The number of pyridine rings is 1. The van der Waals surface area contributed by atoms with Crippen LogP contribution in [-0.4, -0.2) is 56.1 Å². The number of carbonyl (C=O) groups is 1. The van der Waals surface area contributed by atoms with Crippen molar-refractivity contribution < 1.29 is 50.6 Å². The van der Waals surface area contributed by atoms with Gasteiger partial charge in [-0.3, -0.25) is 10.1 Å². The number of aromatic nitrogens is 1. The molecule has 1 heterocycles. The Kier molecular flexibility index (Phi) is 7.02. The smallest absolute Gasteiger partial charge is 0.476 e. The number of hydrogen-bond donors (Lipinski definition) is 1. The van der Waals surface area contributed by atoms with Crippen molar-refractivity contribution in [2.24, 2.45) is 0 Å². The van der Waals surface area contributed by atoms with E-state index in [0.29, 0.717) is 6.07 Å². The maximum Gasteiger partial charge on any atom is 0.573 e. The van der Waals surface area contributed by atoms with Crippen LogP contribution in [0.5, 0.6) is 11.6 Å². The summed E-state index contributed by atoms with van der Waals surface area (Å²) in [7, 11) is -3.33. The van der Waals surface area contributed by atoms with Crippen LogP contribution in [0.4, 0.5) is 18.9 Å². The molecule has 2 rings (SSSR count). The van der Waals surface area contributed by atoms with Gasteiger partial charge in [0, 0.05) is 13.2 Å². The van der Waals surface area contributed by atoms with Crippen LogP contribution in [0, 0.1) is 10.1 Å². The number of ether oxygens (including phenoxy) is 3. The summed E-state index contributed by atoms with van der Waals surface area (Å²) in [5.74, 6) is -3.26. The van der Waals surface area contributed by atoms with Crippen LogP contribution >= 0.6 is 0 Å². The van der Waals surface area contributed by atoms with Crippen molar-refractivity contribution in [1.29, 1.82) is 0 Å². The van der Waals surface area contributed by atoms with Gasteiger partial charge in [0.05, 0.1) is 16.4 Å². The van der Waals surface area contributed by atoms with Crippen molar-refractivity contribution >= 4 is 21.5 Å². The molecule has 0 aliphatic carbocycles. The molecular formula is C16H13F3N2O9S. The Morgan fingerprint density at radius 2 is 1.84 bits per heavy atom. The second-order valence-electron chi connectivity index (χ2n) is 5.59. The van der Waals surface area contributed by atoms with Gasteiger partial charge in [0.1, 0.15) is 17.3 Å². The van der Waals surface area contributed by atoms with Gasteiger partial charge in [0.15, 0.2) is 0 Å². The molecule has 168 valence electrons. The van der Waals surface area contributed by atoms with Crippen LogP contribution in [0.3, 0.4) is 0 Å². The standard InChI is InChI=1S/C16H13F3N2O9S/c1-28-6-7-29-14-12(8-11(21(24)25)13(20-14)15(22)23)31(26,27)10-4-2-9(3-5-10)30-16(17,18)19/h2-5,8H,6-7H2,1H3,(H,22,23). The van der Waals surface area contributed by atoms with Crippen LogP contribution < -0.4 is 9.47 Å². The molecule has 0 spiro atoms. The predicted octanol–water partition coefficient (Wildman–Crippen LogP) is 2.44. The number of nitrogens with zero attached hydrogens (tertiary/aromatic N) is 2. The molecule has 0 amide bonds. The van der Waals surface area contributed by atoms with E-state index in [0.717, 1.165) is 24.3 Å². The van der Waals surface area contributed by atoms with Gasteiger partial charge in [-0.1, -0.05) is 0 Å². The number of hydrogen-bond acceptors (Lipinski definition) is 9. The second-order valence-corrected chi connectivity index (χ2v) is 7.50. The first-order valence-electron chi connectivity index (χ1n) is 8.02. The summed E-state index contributed by atoms with van der Waals surface area (Å²) in [6.07, 6.45) is -5.00. The second kappa shape index (κ2) is 9.13. The molecule has 0 aliphatic heterocycles. The van der Waals surface area contributed by atoms with E-state index in [1.54, 1.807) is 0 Å². The lowest BCUT2D eigenvalue weighted by Crippen LogP contribution is -2.17. The van der Waals surface area contributed by atoms with E-state index in [9.17, 15) is 36.5 Å². The first-order chi connectivity index (χ1) is 14.4. The van der Waals surface area contributed by atoms with Crippen molar-refractivity contribution in [3.8, 4) is 11.6 Å². The first-order valence-corrected chi connectivity index (χ1v) is 9.50. The SMILES string of the molecule is COCCOc1nc(C(=O)O)c([N+](=O)[O-])cc1S(=O)(=O)c1ccc(OC(F)(F)F)cc1. The highest BCUT2D eigenvalue weighted by Crippen LogP contribution is 2.34. The number of rotatable bonds is 9. The van der Waals surface area contributed by atoms with E-state index in [1.165, 1.54) is 7.11 Å². The van der Waals surface area contributed by atoms with Gasteiger partial charge in [-0.05, 0) is 24.3 Å². The van der Waals surface area contributed by atoms with Crippen LogP contribution in [0.2, 0.25) is 0 Å². The lowest BCUT2D eigenvalue weighted by Gasteiger charge is -2.13. The molecule has 0 aliphatic rings. The summed E-state index contributed by atoms with van der Waals surface area (Å²) in [6, 6.07) is 3.44. The molecule has 15 heteroatoms. The van der Waals surface area contributed by atoms with Gasteiger partial charge < -0.3 is 19.3 Å². The van der Waals surface area contributed by atoms with Crippen molar-refractivity contribution in [2.75, 3.05) is 20.3 Å². The number of alkyl halides is 3. The topological polar surface area (TPSA) is 155 Å². The Hall–Kier alpha value is -3.46. The van der Waals surface area contributed by atoms with Gasteiger partial charge in [0.25, 0.3) is 0 Å². The molecule has 0 bridgehead atoms. The number of aromatic carboxylic acids is 1. The summed E-state index contributed by atoms with van der Waals surface area (Å²) in [4.78, 5) is 23.4. The summed E-state index contributed by atoms with van der Waals surface area (Å²) in [5, 5.41) is 20.4. The molecule has 0 atom stereocenters. The molecule has 11 nitrogen and oxygen atoms in total. The normalized spacial score (nSPS) is 11.7. The molecule has 0 fully saturated rings. The molecule has 31 heavy (non-hydrogen) atoms. The Labute approximate surface area is 172 Å². The molecular weight excluding hydrogens is 453 g/mol. The summed E-state index contributed by atoms with van der Waals surface area (Å²) in [6.45, 7) is -0.328. The van der Waals surface area contributed by atoms with Crippen molar-refractivity contribution in [2.45, 2.75) is 16.2 Å². The van der Waals surface area contributed by atoms with E-state index in [4.69, 9.17) is 14.6 Å². The van der Waals surface area contributed by atoms with E-state index in [2.05, 4.69) is 9.72 Å². The number of benzene rings is 1. The average Bonchev–Trinajstić information content (AvgIpc) is 2.66. The third-order valence-electron chi connectivity index (χ3n) is 3.52. The zero-order chi connectivity index (χ0) is 23.4. The molecule has 0 unspecified atom stereocenters. The van der Waals surface area contributed by atoms with Crippen LogP contribution in [-0.2, 0) is 14.6 Å². The fourth-order valence-corrected chi connectivity index (χ4v) is 3.58. The Balaban J connectivity index is 2.60. The molecule has 2 aromatic rings. The van der Waals surface area contributed by atoms with Gasteiger partial charge in [-0.25, -0.2) is 13.2 Å². The van der Waals surface area contributed by atoms with Gasteiger partial charge in [-0.2, -0.15) is 4.98 Å². The fourth-order valence-electron chi connectivity index (χ4n) is 2.23. The minimum absolute atomic E-state index is 0.0515. The molecule has 0 saturated carbocycles. The maximum atomic E-state index is 13.0. The molecule has 0 radical (unpaired) electrons. The maximum absolute atomic E-state index is 13.0. The number of methoxy groups -OCH3 is 1. The highest BCUT2D eigenvalue weighted by molar-refractivity contribution is 7.91. The molecule has 1 N–H and O–H groups in total. The van der Waals surface area contributed by atoms with Crippen molar-refractivity contribution in [3.63, 3.8) is 0 Å². The summed E-state index contributed by atoms with van der Waals surface area (Å²) in [5.41, 5.74) is -2.19. The first kappa shape index (κ1) is 23.8. The van der Waals surface area contributed by atoms with Crippen molar-refractivity contribution in [1.82, 2.24) is 4.98 Å². The Morgan fingerprint density at radius 1 is 1.23 bits per heavy atom. The quantitative estimate of drug-likeness (QED) is 0.331. The van der Waals surface area contributed by atoms with E-state index < -0.39 is 59.9 Å². The fraction of sp³-hybridized carbons (Fsp3) is 0.250. The molecule has 1 aromatic heterocycles. The number of carboxylic acid groups (broad SMARTS) is 1. The number of carboxylic acids is 1. The summed E-state index contributed by atoms with van der Waals surface area (Å²) < 4.78 is 76.3. The average molecular weight is 466 g/mol. The van der Waals surface area contributed by atoms with Crippen molar-refractivity contribution in [3.05, 3.63) is 46.1 Å². The lowest BCUT2D eigenvalue weighted by molar-refractivity contribution is -0.385. The third kappa shape index (κ3) is 5.79. The van der Waals surface area contributed by atoms with Crippen LogP contribution in [0.25, 0.3) is 0 Å². The highest BCUT2D eigenvalue weighted by atomic mass is 32.2. The summed E-state index contributed by atoms with van der Waals surface area (Å²) >= 11 is 0. The monoisotopic (exact) mass is 466 g/mol. The third-order valence-corrected chi connectivity index (χ3v) is 5.28. The Morgan fingerprint density at radius 3 is 2.32 bits per heavy atom. The number of halogens is 3. The zero-order valence-corrected chi connectivity index (χ0v) is 16.3. The zero-order valence-electron chi connectivity index (χ0n) is 15.5. The van der Waals surface area contributed by atoms with E-state index in [-0.39, 0.29) is 13.2 Å². The van der Waals surface area contributed by atoms with Gasteiger partial charge in [0.2, 0.25) is 21.4 Å². The minimum atomic E-state index is -5.00. The largest absolute Gasteiger partial charge is 0.573 e. The van der Waals surface area contributed by atoms with Crippen LogP contribution in [0.1, 0.15) is 10.5 Å². The predicted molar refractivity (Wildman–Crippen MR) is 93.8 cm³/mol. The van der Waals surface area contributed by atoms with Crippen LogP contribution in [0.15, 0.2) is 40.1 Å². The number of nitro groups is 1. The van der Waals surface area contributed by atoms with Gasteiger partial charge >= 0.3 is 18.0 Å². The van der Waals surface area contributed by atoms with E-state index >= 15 is 0 Å². The minimum Gasteiger partial charge on any atom is -0.476 e. The van der Waals surface area contributed by atoms with Gasteiger partial charge in [-0.15, -0.1) is 13.2 Å². The highest BCUT2D eigenvalue weighted by Gasteiger charge is 2.33. The Bertz CT molecular complexity index is 1090. The number of sulfone groups is 1. The lowest BCUT2D eigenvalue weighted by atomic mass is 10.3. The molecule has 1 aromatic carbocycles. The molecule has 0 saturated heterocycles. The van der Waals surface area contributed by atoms with E-state index in [1.807, 2.05) is 0 Å².